The minimum atomic E-state index is 0.453. The maximum absolute atomic E-state index is 3.54. The average molecular weight is 268 g/mol. The minimum Gasteiger partial charge on any atom is -0.385 e. The lowest BCUT2D eigenvalue weighted by Gasteiger charge is -2.16. The Morgan fingerprint density at radius 1 is 0.900 bits per heavy atom. The molecule has 0 saturated carbocycles. The third-order valence-electron chi connectivity index (χ3n) is 3.36. The van der Waals surface area contributed by atoms with Gasteiger partial charge in [0.25, 0.3) is 0 Å². The van der Waals surface area contributed by atoms with Gasteiger partial charge in [0.05, 0.1) is 0 Å². The maximum atomic E-state index is 3.54. The smallest absolute Gasteiger partial charge is 0.0344 e. The molecule has 2 heteroatoms. The quantitative estimate of drug-likeness (QED) is 0.799. The number of hydrogen-bond donors (Lipinski definition) is 2. The van der Waals surface area contributed by atoms with Gasteiger partial charge in [-0.25, -0.2) is 0 Å². The molecule has 2 aromatic rings. The molecule has 0 aliphatic heterocycles. The highest BCUT2D eigenvalue weighted by Gasteiger charge is 2.02. The third kappa shape index (κ3) is 4.61. The van der Waals surface area contributed by atoms with Crippen LogP contribution in [0.1, 0.15) is 24.5 Å². The molecular weight excluding hydrogens is 244 g/mol. The Morgan fingerprint density at radius 2 is 1.50 bits per heavy atom. The summed E-state index contributed by atoms with van der Waals surface area (Å²) in [6.07, 6.45) is 1.09. The summed E-state index contributed by atoms with van der Waals surface area (Å²) in [6.45, 7) is 7.44. The molecular formula is C18H24N2. The fourth-order valence-electron chi connectivity index (χ4n) is 2.28. The van der Waals surface area contributed by atoms with Crippen molar-refractivity contribution in [3.8, 4) is 0 Å². The lowest BCUT2D eigenvalue weighted by atomic mass is 10.1. The number of rotatable bonds is 6. The first-order valence-electron chi connectivity index (χ1n) is 7.27. The Morgan fingerprint density at radius 3 is 2.15 bits per heavy atom. The van der Waals surface area contributed by atoms with E-state index in [1.807, 2.05) is 0 Å². The summed E-state index contributed by atoms with van der Waals surface area (Å²) in [4.78, 5) is 0. The normalized spacial score (nSPS) is 11.9. The molecule has 0 saturated heterocycles. The largest absolute Gasteiger partial charge is 0.385 e. The first kappa shape index (κ1) is 14.4. The van der Waals surface area contributed by atoms with Gasteiger partial charge in [-0.1, -0.05) is 24.3 Å². The summed E-state index contributed by atoms with van der Waals surface area (Å²) >= 11 is 0. The minimum absolute atomic E-state index is 0.453. The van der Waals surface area contributed by atoms with E-state index in [2.05, 4.69) is 79.9 Å². The van der Waals surface area contributed by atoms with Crippen LogP contribution in [0, 0.1) is 13.8 Å². The number of hydrogen-bond acceptors (Lipinski definition) is 2. The Labute approximate surface area is 122 Å². The van der Waals surface area contributed by atoms with E-state index in [-0.39, 0.29) is 0 Å². The SMILES string of the molecule is Cc1cccc(NCCC(C)Nc2cccc(C)c2)c1. The standard InChI is InChI=1S/C18H24N2/c1-14-6-4-8-17(12-14)19-11-10-16(3)20-18-9-5-7-15(2)13-18/h4-9,12-13,16,19-20H,10-11H2,1-3H3. The topological polar surface area (TPSA) is 24.1 Å². The predicted octanol–water partition coefficient (Wildman–Crippen LogP) is 4.61. The molecule has 20 heavy (non-hydrogen) atoms. The second-order valence-electron chi connectivity index (χ2n) is 5.50. The molecule has 1 atom stereocenters. The van der Waals surface area contributed by atoms with Crippen LogP contribution < -0.4 is 10.6 Å². The highest BCUT2D eigenvalue weighted by atomic mass is 14.9. The van der Waals surface area contributed by atoms with Gasteiger partial charge in [0.15, 0.2) is 0 Å². The summed E-state index contributed by atoms with van der Waals surface area (Å²) in [5.74, 6) is 0. The van der Waals surface area contributed by atoms with Crippen LogP contribution in [-0.4, -0.2) is 12.6 Å². The number of anilines is 2. The van der Waals surface area contributed by atoms with Crippen molar-refractivity contribution in [2.24, 2.45) is 0 Å². The van der Waals surface area contributed by atoms with Gasteiger partial charge < -0.3 is 10.6 Å². The van der Waals surface area contributed by atoms with Crippen LogP contribution in [0.2, 0.25) is 0 Å². The highest BCUT2D eigenvalue weighted by Crippen LogP contribution is 2.13. The molecule has 0 aliphatic rings. The molecule has 2 aromatic carbocycles. The van der Waals surface area contributed by atoms with Crippen molar-refractivity contribution in [1.29, 1.82) is 0 Å². The summed E-state index contributed by atoms with van der Waals surface area (Å²) in [7, 11) is 0. The molecule has 106 valence electrons. The van der Waals surface area contributed by atoms with E-state index >= 15 is 0 Å². The number of nitrogens with one attached hydrogen (secondary N) is 2. The Hall–Kier alpha value is -1.96. The Bertz CT molecular complexity index is 549. The van der Waals surface area contributed by atoms with Gasteiger partial charge in [0, 0.05) is 24.0 Å². The average Bonchev–Trinajstić information content (AvgIpc) is 2.38. The summed E-state index contributed by atoms with van der Waals surface area (Å²) < 4.78 is 0. The first-order chi connectivity index (χ1) is 9.63. The number of benzene rings is 2. The zero-order valence-electron chi connectivity index (χ0n) is 12.6. The molecule has 2 rings (SSSR count). The van der Waals surface area contributed by atoms with Crippen LogP contribution in [0.15, 0.2) is 48.5 Å². The number of aryl methyl sites for hydroxylation is 2. The zero-order chi connectivity index (χ0) is 14.4. The molecule has 0 heterocycles. The lowest BCUT2D eigenvalue weighted by molar-refractivity contribution is 0.734. The van der Waals surface area contributed by atoms with Crippen molar-refractivity contribution in [2.75, 3.05) is 17.2 Å². The molecule has 1 unspecified atom stereocenters. The summed E-state index contributed by atoms with van der Waals surface area (Å²) in [5, 5.41) is 7.01. The molecule has 0 fully saturated rings. The summed E-state index contributed by atoms with van der Waals surface area (Å²) in [6, 6.07) is 17.5. The van der Waals surface area contributed by atoms with Gasteiger partial charge in [-0.3, -0.25) is 0 Å². The van der Waals surface area contributed by atoms with Gasteiger partial charge in [-0.15, -0.1) is 0 Å². The van der Waals surface area contributed by atoms with Crippen LogP contribution in [-0.2, 0) is 0 Å². The second kappa shape index (κ2) is 6.99. The fourth-order valence-corrected chi connectivity index (χ4v) is 2.28. The summed E-state index contributed by atoms with van der Waals surface area (Å²) in [5.41, 5.74) is 4.99. The monoisotopic (exact) mass is 268 g/mol. The van der Waals surface area contributed by atoms with Gasteiger partial charge in [0.1, 0.15) is 0 Å². The molecule has 0 spiro atoms. The Balaban J connectivity index is 1.76. The first-order valence-corrected chi connectivity index (χ1v) is 7.27. The predicted molar refractivity (Wildman–Crippen MR) is 88.5 cm³/mol. The molecule has 0 amide bonds. The van der Waals surface area contributed by atoms with Crippen LogP contribution in [0.5, 0.6) is 0 Å². The molecule has 2 N–H and O–H groups in total. The van der Waals surface area contributed by atoms with Crippen LogP contribution in [0.3, 0.4) is 0 Å². The van der Waals surface area contributed by atoms with Crippen LogP contribution in [0.25, 0.3) is 0 Å². The lowest BCUT2D eigenvalue weighted by Crippen LogP contribution is -2.19. The van der Waals surface area contributed by atoms with E-state index in [9.17, 15) is 0 Å². The fraction of sp³-hybridized carbons (Fsp3) is 0.333. The van der Waals surface area contributed by atoms with Crippen molar-refractivity contribution in [3.05, 3.63) is 59.7 Å². The van der Waals surface area contributed by atoms with Gasteiger partial charge in [0.2, 0.25) is 0 Å². The van der Waals surface area contributed by atoms with Crippen molar-refractivity contribution in [1.82, 2.24) is 0 Å². The van der Waals surface area contributed by atoms with Crippen molar-refractivity contribution in [3.63, 3.8) is 0 Å². The maximum Gasteiger partial charge on any atom is 0.0344 e. The highest BCUT2D eigenvalue weighted by molar-refractivity contribution is 5.47. The third-order valence-corrected chi connectivity index (χ3v) is 3.36. The van der Waals surface area contributed by atoms with Crippen LogP contribution in [0.4, 0.5) is 11.4 Å². The molecule has 0 aliphatic carbocycles. The van der Waals surface area contributed by atoms with E-state index in [1.54, 1.807) is 0 Å². The van der Waals surface area contributed by atoms with Crippen molar-refractivity contribution in [2.45, 2.75) is 33.2 Å². The van der Waals surface area contributed by atoms with Gasteiger partial charge >= 0.3 is 0 Å². The van der Waals surface area contributed by atoms with E-state index in [0.717, 1.165) is 13.0 Å². The van der Waals surface area contributed by atoms with Gasteiger partial charge in [-0.05, 0) is 62.6 Å². The van der Waals surface area contributed by atoms with Gasteiger partial charge in [-0.2, -0.15) is 0 Å². The van der Waals surface area contributed by atoms with E-state index in [0.29, 0.717) is 6.04 Å². The molecule has 0 bridgehead atoms. The molecule has 0 radical (unpaired) electrons. The molecule has 0 aromatic heterocycles. The van der Waals surface area contributed by atoms with Crippen molar-refractivity contribution < 1.29 is 0 Å². The Kier molecular flexibility index (Phi) is 5.05. The van der Waals surface area contributed by atoms with Crippen LogP contribution >= 0.6 is 0 Å². The second-order valence-corrected chi connectivity index (χ2v) is 5.50. The van der Waals surface area contributed by atoms with E-state index < -0.39 is 0 Å². The van der Waals surface area contributed by atoms with Crippen molar-refractivity contribution >= 4 is 11.4 Å². The molecule has 2 nitrogen and oxygen atoms in total. The van der Waals surface area contributed by atoms with E-state index in [1.165, 1.54) is 22.5 Å². The zero-order valence-corrected chi connectivity index (χ0v) is 12.6. The van der Waals surface area contributed by atoms with E-state index in [4.69, 9.17) is 0 Å².